The number of benzene rings is 1. The summed E-state index contributed by atoms with van der Waals surface area (Å²) in [6.45, 7) is 0.432. The maximum absolute atomic E-state index is 12.4. The minimum Gasteiger partial charge on any atom is -0.451 e. The number of H-pyrrole nitrogens is 1. The fourth-order valence-electron chi connectivity index (χ4n) is 2.15. The molecule has 0 radical (unpaired) electrons. The molecule has 0 aliphatic heterocycles. The van der Waals surface area contributed by atoms with Gasteiger partial charge in [-0.05, 0) is 30.3 Å². The van der Waals surface area contributed by atoms with Crippen LogP contribution in [-0.2, 0) is 6.54 Å². The Hall–Kier alpha value is -2.53. The third-order valence-electron chi connectivity index (χ3n) is 3.27. The van der Waals surface area contributed by atoms with Gasteiger partial charge in [0.15, 0.2) is 5.76 Å². The number of rotatable bonds is 4. The van der Waals surface area contributed by atoms with Gasteiger partial charge in [0.2, 0.25) is 0 Å². The molecule has 1 N–H and O–H groups in total. The Bertz CT molecular complexity index is 780. The summed E-state index contributed by atoms with van der Waals surface area (Å²) in [7, 11) is 1.71. The normalized spacial score (nSPS) is 10.6. The van der Waals surface area contributed by atoms with E-state index in [0.717, 1.165) is 11.3 Å². The summed E-state index contributed by atoms with van der Waals surface area (Å²) < 4.78 is 5.65. The lowest BCUT2D eigenvalue weighted by Crippen LogP contribution is -2.25. The van der Waals surface area contributed by atoms with E-state index in [2.05, 4.69) is 10.2 Å². The SMILES string of the molecule is CN(Cc1ccn[nH]1)C(=O)c1ccc(-c2ccccc2Cl)o1. The maximum atomic E-state index is 12.4. The first-order valence-electron chi connectivity index (χ1n) is 6.73. The zero-order chi connectivity index (χ0) is 15.5. The van der Waals surface area contributed by atoms with Crippen LogP contribution >= 0.6 is 11.6 Å². The van der Waals surface area contributed by atoms with Crippen molar-refractivity contribution in [1.29, 1.82) is 0 Å². The number of aromatic amines is 1. The van der Waals surface area contributed by atoms with E-state index in [-0.39, 0.29) is 11.7 Å². The van der Waals surface area contributed by atoms with E-state index in [9.17, 15) is 4.79 Å². The van der Waals surface area contributed by atoms with Gasteiger partial charge < -0.3 is 9.32 Å². The van der Waals surface area contributed by atoms with Gasteiger partial charge in [0, 0.05) is 18.8 Å². The standard InChI is InChI=1S/C16H14ClN3O2/c1-20(10-11-8-9-18-19-11)16(21)15-7-6-14(22-15)12-4-2-3-5-13(12)17/h2-9H,10H2,1H3,(H,18,19). The van der Waals surface area contributed by atoms with Crippen molar-refractivity contribution in [3.8, 4) is 11.3 Å². The minimum atomic E-state index is -0.201. The highest BCUT2D eigenvalue weighted by Crippen LogP contribution is 2.29. The summed E-state index contributed by atoms with van der Waals surface area (Å²) in [6, 6.07) is 12.6. The second-order valence-corrected chi connectivity index (χ2v) is 5.29. The molecule has 5 nitrogen and oxygen atoms in total. The Labute approximate surface area is 132 Å². The first-order valence-corrected chi connectivity index (χ1v) is 7.11. The number of nitrogens with one attached hydrogen (secondary N) is 1. The van der Waals surface area contributed by atoms with Gasteiger partial charge >= 0.3 is 0 Å². The van der Waals surface area contributed by atoms with Gasteiger partial charge in [-0.2, -0.15) is 5.10 Å². The average molecular weight is 316 g/mol. The fourth-order valence-corrected chi connectivity index (χ4v) is 2.38. The Morgan fingerprint density at radius 3 is 2.82 bits per heavy atom. The number of carbonyl (C=O) groups is 1. The predicted molar refractivity (Wildman–Crippen MR) is 83.5 cm³/mol. The zero-order valence-electron chi connectivity index (χ0n) is 11.9. The topological polar surface area (TPSA) is 62.1 Å². The molecule has 0 aliphatic rings. The molecular weight excluding hydrogens is 302 g/mol. The third kappa shape index (κ3) is 2.89. The molecule has 22 heavy (non-hydrogen) atoms. The van der Waals surface area contributed by atoms with Crippen molar-refractivity contribution in [2.24, 2.45) is 0 Å². The number of carbonyl (C=O) groups excluding carboxylic acids is 1. The molecule has 1 aromatic carbocycles. The molecule has 0 spiro atoms. The van der Waals surface area contributed by atoms with Crippen LogP contribution in [0.1, 0.15) is 16.2 Å². The predicted octanol–water partition coefficient (Wildman–Crippen LogP) is 3.60. The van der Waals surface area contributed by atoms with Crippen LogP contribution in [-0.4, -0.2) is 28.1 Å². The Balaban J connectivity index is 1.78. The summed E-state index contributed by atoms with van der Waals surface area (Å²) in [5.41, 5.74) is 1.62. The number of furan rings is 1. The lowest BCUT2D eigenvalue weighted by atomic mass is 10.2. The van der Waals surface area contributed by atoms with E-state index in [1.165, 1.54) is 0 Å². The largest absolute Gasteiger partial charge is 0.451 e. The molecule has 6 heteroatoms. The Kier molecular flexibility index (Phi) is 3.98. The molecule has 3 rings (SSSR count). The van der Waals surface area contributed by atoms with Crippen LogP contribution in [0.5, 0.6) is 0 Å². The number of hydrogen-bond donors (Lipinski definition) is 1. The quantitative estimate of drug-likeness (QED) is 0.800. The van der Waals surface area contributed by atoms with Gasteiger partial charge in [-0.1, -0.05) is 23.7 Å². The third-order valence-corrected chi connectivity index (χ3v) is 3.60. The second-order valence-electron chi connectivity index (χ2n) is 4.89. The zero-order valence-corrected chi connectivity index (χ0v) is 12.7. The molecule has 0 bridgehead atoms. The van der Waals surface area contributed by atoms with Gasteiger partial charge in [-0.3, -0.25) is 9.89 Å². The minimum absolute atomic E-state index is 0.201. The molecule has 0 fully saturated rings. The van der Waals surface area contributed by atoms with E-state index in [1.54, 1.807) is 36.3 Å². The van der Waals surface area contributed by atoms with E-state index in [4.69, 9.17) is 16.0 Å². The fraction of sp³-hybridized carbons (Fsp3) is 0.125. The van der Waals surface area contributed by atoms with Crippen molar-refractivity contribution in [2.75, 3.05) is 7.05 Å². The molecular formula is C16H14ClN3O2. The van der Waals surface area contributed by atoms with Crippen molar-refractivity contribution in [3.05, 3.63) is 65.1 Å². The van der Waals surface area contributed by atoms with Crippen molar-refractivity contribution < 1.29 is 9.21 Å². The van der Waals surface area contributed by atoms with Crippen LogP contribution < -0.4 is 0 Å². The van der Waals surface area contributed by atoms with Crippen molar-refractivity contribution in [1.82, 2.24) is 15.1 Å². The van der Waals surface area contributed by atoms with E-state index in [1.807, 2.05) is 24.3 Å². The molecule has 0 unspecified atom stereocenters. The van der Waals surface area contributed by atoms with Crippen molar-refractivity contribution in [2.45, 2.75) is 6.54 Å². The van der Waals surface area contributed by atoms with Gasteiger partial charge in [0.05, 0.1) is 17.3 Å². The van der Waals surface area contributed by atoms with Crippen LogP contribution in [0.2, 0.25) is 5.02 Å². The van der Waals surface area contributed by atoms with E-state index < -0.39 is 0 Å². The number of halogens is 1. The second kappa shape index (κ2) is 6.07. The van der Waals surface area contributed by atoms with Crippen LogP contribution in [0.3, 0.4) is 0 Å². The number of hydrogen-bond acceptors (Lipinski definition) is 3. The number of aromatic nitrogens is 2. The molecule has 2 heterocycles. The smallest absolute Gasteiger partial charge is 0.289 e. The van der Waals surface area contributed by atoms with Crippen LogP contribution in [0, 0.1) is 0 Å². The first-order chi connectivity index (χ1) is 10.6. The molecule has 0 atom stereocenters. The highest BCUT2D eigenvalue weighted by Gasteiger charge is 2.18. The van der Waals surface area contributed by atoms with Gasteiger partial charge in [0.25, 0.3) is 5.91 Å². The monoisotopic (exact) mass is 315 g/mol. The van der Waals surface area contributed by atoms with Crippen LogP contribution in [0.15, 0.2) is 53.1 Å². The molecule has 1 amide bonds. The van der Waals surface area contributed by atoms with Crippen LogP contribution in [0.25, 0.3) is 11.3 Å². The van der Waals surface area contributed by atoms with Crippen molar-refractivity contribution in [3.63, 3.8) is 0 Å². The lowest BCUT2D eigenvalue weighted by molar-refractivity contribution is 0.0752. The molecule has 0 aliphatic carbocycles. The van der Waals surface area contributed by atoms with Crippen molar-refractivity contribution >= 4 is 17.5 Å². The molecule has 3 aromatic rings. The molecule has 0 saturated carbocycles. The highest BCUT2D eigenvalue weighted by atomic mass is 35.5. The Morgan fingerprint density at radius 2 is 2.09 bits per heavy atom. The average Bonchev–Trinajstić information content (AvgIpc) is 3.18. The summed E-state index contributed by atoms with van der Waals surface area (Å²) in [5.74, 6) is 0.647. The maximum Gasteiger partial charge on any atom is 0.289 e. The summed E-state index contributed by atoms with van der Waals surface area (Å²) in [6.07, 6.45) is 1.65. The summed E-state index contributed by atoms with van der Waals surface area (Å²) >= 11 is 6.14. The molecule has 112 valence electrons. The molecule has 0 saturated heterocycles. The Morgan fingerprint density at radius 1 is 1.27 bits per heavy atom. The van der Waals surface area contributed by atoms with Crippen LogP contribution in [0.4, 0.5) is 0 Å². The highest BCUT2D eigenvalue weighted by molar-refractivity contribution is 6.33. The summed E-state index contributed by atoms with van der Waals surface area (Å²) in [4.78, 5) is 13.9. The van der Waals surface area contributed by atoms with E-state index >= 15 is 0 Å². The number of nitrogens with zero attached hydrogens (tertiary/aromatic N) is 2. The lowest BCUT2D eigenvalue weighted by Gasteiger charge is -2.14. The molecule has 2 aromatic heterocycles. The van der Waals surface area contributed by atoms with Gasteiger partial charge in [0.1, 0.15) is 5.76 Å². The first kappa shape index (κ1) is 14.4. The summed E-state index contributed by atoms with van der Waals surface area (Å²) in [5, 5.41) is 7.27. The van der Waals surface area contributed by atoms with E-state index in [0.29, 0.717) is 17.3 Å². The number of amides is 1. The van der Waals surface area contributed by atoms with Gasteiger partial charge in [-0.15, -0.1) is 0 Å². The van der Waals surface area contributed by atoms with Gasteiger partial charge in [-0.25, -0.2) is 0 Å².